The molecule has 0 unspecified atom stereocenters. The van der Waals surface area contributed by atoms with Crippen LogP contribution in [0.5, 0.6) is 11.8 Å². The smallest absolute Gasteiger partial charge is 0.240 e. The van der Waals surface area contributed by atoms with Gasteiger partial charge in [0.1, 0.15) is 0 Å². The Labute approximate surface area is 85.3 Å². The van der Waals surface area contributed by atoms with E-state index in [0.717, 1.165) is 5.69 Å². The number of hydrogen-bond donors (Lipinski definition) is 1. The second-order valence-electron chi connectivity index (χ2n) is 2.16. The van der Waals surface area contributed by atoms with E-state index < -0.39 is 0 Å². The van der Waals surface area contributed by atoms with Gasteiger partial charge in [-0.05, 0) is 6.07 Å². The van der Waals surface area contributed by atoms with Gasteiger partial charge in [0.05, 0.1) is 19.9 Å². The zero-order valence-corrected chi connectivity index (χ0v) is 9.42. The van der Waals surface area contributed by atoms with Crippen LogP contribution in [-0.4, -0.2) is 26.3 Å². The lowest BCUT2D eigenvalue weighted by Gasteiger charge is -2.07. The number of ether oxygens (including phenoxy) is 2. The largest absolute Gasteiger partial charge is 0.481 e. The van der Waals surface area contributed by atoms with Gasteiger partial charge in [-0.1, -0.05) is 13.8 Å². The summed E-state index contributed by atoms with van der Waals surface area (Å²) in [6.07, 6.45) is 0. The van der Waals surface area contributed by atoms with Gasteiger partial charge in [-0.3, -0.25) is 0 Å². The molecule has 0 bridgehead atoms. The Hall–Kier alpha value is -1.45. The molecule has 0 aromatic carbocycles. The minimum atomic E-state index is 0.539. The molecule has 0 radical (unpaired) electrons. The van der Waals surface area contributed by atoms with Crippen LogP contribution in [0.15, 0.2) is 12.1 Å². The molecule has 0 aliphatic carbocycles. The van der Waals surface area contributed by atoms with E-state index in [9.17, 15) is 0 Å². The van der Waals surface area contributed by atoms with Gasteiger partial charge in [0.2, 0.25) is 11.8 Å². The van der Waals surface area contributed by atoms with E-state index in [0.29, 0.717) is 11.8 Å². The van der Waals surface area contributed by atoms with Gasteiger partial charge < -0.3 is 14.8 Å². The van der Waals surface area contributed by atoms with Crippen molar-refractivity contribution in [2.24, 2.45) is 0 Å². The number of pyridine rings is 1. The Morgan fingerprint density at radius 3 is 2.21 bits per heavy atom. The molecule has 0 aliphatic rings. The van der Waals surface area contributed by atoms with Gasteiger partial charge in [-0.25, -0.2) is 0 Å². The summed E-state index contributed by atoms with van der Waals surface area (Å²) in [5.74, 6) is 1.09. The molecule has 0 aliphatic heterocycles. The van der Waals surface area contributed by atoms with Crippen molar-refractivity contribution in [3.05, 3.63) is 12.1 Å². The quantitative estimate of drug-likeness (QED) is 0.808. The Balaban J connectivity index is 0.000000791. The Kier molecular flexibility index (Phi) is 6.28. The number of rotatable bonds is 3. The lowest BCUT2D eigenvalue weighted by atomic mass is 10.4. The lowest BCUT2D eigenvalue weighted by molar-refractivity contribution is 0.366. The highest BCUT2D eigenvalue weighted by atomic mass is 16.5. The molecule has 1 aromatic rings. The number of hydrogen-bond acceptors (Lipinski definition) is 4. The molecule has 1 heterocycles. The molecule has 4 nitrogen and oxygen atoms in total. The first-order valence-corrected chi connectivity index (χ1v) is 4.58. The summed E-state index contributed by atoms with van der Waals surface area (Å²) >= 11 is 0. The summed E-state index contributed by atoms with van der Waals surface area (Å²) in [7, 11) is 4.95. The van der Waals surface area contributed by atoms with Gasteiger partial charge >= 0.3 is 0 Å². The average Bonchev–Trinajstić information content (AvgIpc) is 2.30. The zero-order chi connectivity index (χ0) is 11.0. The number of nitrogens with one attached hydrogen (secondary N) is 1. The summed E-state index contributed by atoms with van der Waals surface area (Å²) in [4.78, 5) is 4.07. The zero-order valence-electron chi connectivity index (χ0n) is 9.42. The second-order valence-corrected chi connectivity index (χ2v) is 2.16. The fourth-order valence-corrected chi connectivity index (χ4v) is 0.883. The lowest BCUT2D eigenvalue weighted by Crippen LogP contribution is -1.97. The Bertz CT molecular complexity index is 264. The summed E-state index contributed by atoms with van der Waals surface area (Å²) in [5, 5.41) is 2.95. The van der Waals surface area contributed by atoms with Crippen LogP contribution in [0.4, 0.5) is 5.69 Å². The maximum Gasteiger partial charge on any atom is 0.240 e. The predicted molar refractivity (Wildman–Crippen MR) is 58.2 cm³/mol. The van der Waals surface area contributed by atoms with Crippen LogP contribution in [0.2, 0.25) is 0 Å². The standard InChI is InChI=1S/C8H12N2O2.C2H6/c1-9-6-4-5-7(11-2)10-8(6)12-3;1-2/h4-5,9H,1-3H3;1-2H3. The highest BCUT2D eigenvalue weighted by molar-refractivity contribution is 5.53. The van der Waals surface area contributed by atoms with Crippen molar-refractivity contribution in [1.82, 2.24) is 4.98 Å². The molecule has 14 heavy (non-hydrogen) atoms. The summed E-state index contributed by atoms with van der Waals surface area (Å²) < 4.78 is 9.96. The fourth-order valence-electron chi connectivity index (χ4n) is 0.883. The van der Waals surface area contributed by atoms with Crippen molar-refractivity contribution < 1.29 is 9.47 Å². The number of anilines is 1. The van der Waals surface area contributed by atoms with Crippen LogP contribution in [0.25, 0.3) is 0 Å². The molecule has 80 valence electrons. The molecular weight excluding hydrogens is 180 g/mol. The topological polar surface area (TPSA) is 43.4 Å². The van der Waals surface area contributed by atoms with Gasteiger partial charge in [-0.15, -0.1) is 0 Å². The summed E-state index contributed by atoms with van der Waals surface area (Å²) in [6, 6.07) is 3.62. The van der Waals surface area contributed by atoms with Gasteiger partial charge in [-0.2, -0.15) is 4.98 Å². The van der Waals surface area contributed by atoms with E-state index in [4.69, 9.17) is 9.47 Å². The number of aromatic nitrogens is 1. The fraction of sp³-hybridized carbons (Fsp3) is 0.500. The molecule has 1 N–H and O–H groups in total. The van der Waals surface area contributed by atoms with E-state index >= 15 is 0 Å². The number of nitrogens with zero attached hydrogens (tertiary/aromatic N) is 1. The van der Waals surface area contributed by atoms with Gasteiger partial charge in [0, 0.05) is 13.1 Å². The summed E-state index contributed by atoms with van der Waals surface area (Å²) in [6.45, 7) is 4.00. The first-order chi connectivity index (χ1) is 6.81. The minimum Gasteiger partial charge on any atom is -0.481 e. The molecule has 1 aromatic heterocycles. The third-order valence-electron chi connectivity index (χ3n) is 1.51. The van der Waals surface area contributed by atoms with E-state index in [-0.39, 0.29) is 0 Å². The summed E-state index contributed by atoms with van der Waals surface area (Å²) in [5.41, 5.74) is 0.846. The van der Waals surface area contributed by atoms with Crippen LogP contribution >= 0.6 is 0 Å². The predicted octanol–water partition coefficient (Wildman–Crippen LogP) is 2.17. The Morgan fingerprint density at radius 1 is 1.14 bits per heavy atom. The second kappa shape index (κ2) is 7.00. The van der Waals surface area contributed by atoms with Crippen molar-refractivity contribution in [3.8, 4) is 11.8 Å². The van der Waals surface area contributed by atoms with Crippen molar-refractivity contribution in [3.63, 3.8) is 0 Å². The third-order valence-corrected chi connectivity index (χ3v) is 1.51. The van der Waals surface area contributed by atoms with Crippen LogP contribution in [0.3, 0.4) is 0 Å². The molecule has 0 amide bonds. The van der Waals surface area contributed by atoms with Gasteiger partial charge in [0.15, 0.2) is 0 Å². The first kappa shape index (κ1) is 12.6. The monoisotopic (exact) mass is 198 g/mol. The van der Waals surface area contributed by atoms with E-state index in [2.05, 4.69) is 10.3 Å². The molecule has 1 rings (SSSR count). The maximum absolute atomic E-state index is 5.03. The highest BCUT2D eigenvalue weighted by Crippen LogP contribution is 2.23. The van der Waals surface area contributed by atoms with Gasteiger partial charge in [0.25, 0.3) is 0 Å². The van der Waals surface area contributed by atoms with E-state index in [1.165, 1.54) is 0 Å². The molecule has 4 heteroatoms. The number of methoxy groups -OCH3 is 2. The molecule has 0 fully saturated rings. The molecule has 0 saturated heterocycles. The molecule has 0 atom stereocenters. The normalized spacial score (nSPS) is 8.36. The SMILES string of the molecule is CC.CNc1ccc(OC)nc1OC. The van der Waals surface area contributed by atoms with Crippen molar-refractivity contribution in [2.45, 2.75) is 13.8 Å². The third kappa shape index (κ3) is 3.12. The first-order valence-electron chi connectivity index (χ1n) is 4.58. The van der Waals surface area contributed by atoms with Crippen molar-refractivity contribution >= 4 is 5.69 Å². The Morgan fingerprint density at radius 2 is 1.79 bits per heavy atom. The van der Waals surface area contributed by atoms with Crippen LogP contribution in [0, 0.1) is 0 Å². The van der Waals surface area contributed by atoms with E-state index in [1.807, 2.05) is 27.0 Å². The van der Waals surface area contributed by atoms with Crippen LogP contribution in [-0.2, 0) is 0 Å². The molecular formula is C10H18N2O2. The van der Waals surface area contributed by atoms with Crippen molar-refractivity contribution in [2.75, 3.05) is 26.6 Å². The van der Waals surface area contributed by atoms with E-state index in [1.54, 1.807) is 20.3 Å². The minimum absolute atomic E-state index is 0.539. The average molecular weight is 198 g/mol. The van der Waals surface area contributed by atoms with Crippen LogP contribution in [0.1, 0.15) is 13.8 Å². The van der Waals surface area contributed by atoms with Crippen LogP contribution < -0.4 is 14.8 Å². The molecule has 0 saturated carbocycles. The maximum atomic E-state index is 5.03. The highest BCUT2D eigenvalue weighted by Gasteiger charge is 2.03. The van der Waals surface area contributed by atoms with Crippen molar-refractivity contribution in [1.29, 1.82) is 0 Å². The molecule has 0 spiro atoms.